The highest BCUT2D eigenvalue weighted by Crippen LogP contribution is 2.12. The first-order valence-electron chi connectivity index (χ1n) is 5.86. The summed E-state index contributed by atoms with van der Waals surface area (Å²) in [7, 11) is 0. The van der Waals surface area contributed by atoms with Gasteiger partial charge in [-0.25, -0.2) is 0 Å². The Labute approximate surface area is 109 Å². The minimum Gasteiger partial charge on any atom is -0.115 e. The van der Waals surface area contributed by atoms with Crippen molar-refractivity contribution in [3.05, 3.63) is 70.3 Å². The number of aryl methyl sites for hydroxylation is 2. The van der Waals surface area contributed by atoms with E-state index in [4.69, 9.17) is 6.42 Å². The molecule has 86 valence electrons. The van der Waals surface area contributed by atoms with Crippen molar-refractivity contribution in [2.45, 2.75) is 13.8 Å². The highest BCUT2D eigenvalue weighted by atomic mass is 14.0. The molecule has 0 radical (unpaired) electrons. The van der Waals surface area contributed by atoms with Crippen molar-refractivity contribution in [3.63, 3.8) is 0 Å². The predicted octanol–water partition coefficient (Wildman–Crippen LogP) is 3.68. The van der Waals surface area contributed by atoms with Crippen LogP contribution in [0.2, 0.25) is 0 Å². The average Bonchev–Trinajstić information content (AvgIpc) is 2.38. The van der Waals surface area contributed by atoms with Gasteiger partial charge < -0.3 is 0 Å². The van der Waals surface area contributed by atoms with Crippen LogP contribution in [-0.2, 0) is 0 Å². The molecule has 0 aromatic heterocycles. The summed E-state index contributed by atoms with van der Waals surface area (Å²) in [6, 6.07) is 13.9. The van der Waals surface area contributed by atoms with E-state index in [1.54, 1.807) is 0 Å². The molecule has 0 fully saturated rings. The third-order valence-electron chi connectivity index (χ3n) is 2.89. The van der Waals surface area contributed by atoms with Crippen molar-refractivity contribution in [2.24, 2.45) is 0 Å². The minimum atomic E-state index is 0.844. The van der Waals surface area contributed by atoms with Gasteiger partial charge in [0.2, 0.25) is 0 Å². The van der Waals surface area contributed by atoms with Crippen molar-refractivity contribution in [1.82, 2.24) is 0 Å². The first kappa shape index (κ1) is 12.0. The van der Waals surface area contributed by atoms with Crippen molar-refractivity contribution in [3.8, 4) is 24.2 Å². The molecule has 0 bridgehead atoms. The van der Waals surface area contributed by atoms with E-state index in [-0.39, 0.29) is 0 Å². The number of hydrogen-bond acceptors (Lipinski definition) is 0. The molecule has 2 aromatic carbocycles. The Bertz CT molecular complexity index is 653. The normalized spacial score (nSPS) is 9.17. The summed E-state index contributed by atoms with van der Waals surface area (Å²) in [4.78, 5) is 0. The number of terminal acetylenes is 1. The van der Waals surface area contributed by atoms with Crippen LogP contribution in [0.4, 0.5) is 0 Å². The summed E-state index contributed by atoms with van der Waals surface area (Å²) in [5, 5.41) is 0. The zero-order valence-corrected chi connectivity index (χ0v) is 10.6. The molecule has 0 spiro atoms. The second-order valence-corrected chi connectivity index (χ2v) is 4.21. The lowest BCUT2D eigenvalue weighted by atomic mass is 10.0. The van der Waals surface area contributed by atoms with Gasteiger partial charge in [0.05, 0.1) is 0 Å². The Kier molecular flexibility index (Phi) is 3.52. The lowest BCUT2D eigenvalue weighted by Crippen LogP contribution is -1.87. The molecule has 0 saturated carbocycles. The van der Waals surface area contributed by atoms with Crippen LogP contribution < -0.4 is 0 Å². The lowest BCUT2D eigenvalue weighted by molar-refractivity contribution is 1.35. The molecule has 0 unspecified atom stereocenters. The largest absolute Gasteiger partial charge is 0.115 e. The van der Waals surface area contributed by atoms with E-state index >= 15 is 0 Å². The standard InChI is InChI=1S/C18H14/c1-4-16-10-5-6-11-17(16)12-13-18-14(2)8-7-9-15(18)3/h1,5-11H,2-3H3. The molecule has 0 nitrogen and oxygen atoms in total. The highest BCUT2D eigenvalue weighted by Gasteiger charge is 1.98. The maximum absolute atomic E-state index is 5.46. The van der Waals surface area contributed by atoms with Gasteiger partial charge in [-0.2, -0.15) is 0 Å². The molecular formula is C18H14. The number of rotatable bonds is 0. The molecule has 0 aliphatic heterocycles. The zero-order chi connectivity index (χ0) is 13.0. The molecule has 18 heavy (non-hydrogen) atoms. The Morgan fingerprint density at radius 2 is 1.39 bits per heavy atom. The third-order valence-corrected chi connectivity index (χ3v) is 2.89. The average molecular weight is 230 g/mol. The summed E-state index contributed by atoms with van der Waals surface area (Å²) in [6.45, 7) is 4.15. The smallest absolute Gasteiger partial charge is 0.0405 e. The SMILES string of the molecule is C#Cc1ccccc1C#Cc1c(C)cccc1C. The topological polar surface area (TPSA) is 0 Å². The lowest BCUT2D eigenvalue weighted by Gasteiger charge is -2.01. The number of hydrogen-bond donors (Lipinski definition) is 0. The van der Waals surface area contributed by atoms with Crippen LogP contribution in [0.5, 0.6) is 0 Å². The molecule has 0 aliphatic rings. The molecule has 0 N–H and O–H groups in total. The van der Waals surface area contributed by atoms with Crippen molar-refractivity contribution in [1.29, 1.82) is 0 Å². The van der Waals surface area contributed by atoms with E-state index in [1.807, 2.05) is 30.3 Å². The van der Waals surface area contributed by atoms with E-state index in [1.165, 1.54) is 11.1 Å². The molecule has 0 atom stereocenters. The Balaban J connectivity index is 2.48. The van der Waals surface area contributed by atoms with Gasteiger partial charge in [0.15, 0.2) is 0 Å². The summed E-state index contributed by atoms with van der Waals surface area (Å²) < 4.78 is 0. The van der Waals surface area contributed by atoms with Crippen LogP contribution in [0.3, 0.4) is 0 Å². The maximum Gasteiger partial charge on any atom is 0.0405 e. The van der Waals surface area contributed by atoms with Crippen molar-refractivity contribution in [2.75, 3.05) is 0 Å². The fraction of sp³-hybridized carbons (Fsp3) is 0.111. The molecule has 2 rings (SSSR count). The Hall–Kier alpha value is -2.44. The molecule has 0 saturated heterocycles. The quantitative estimate of drug-likeness (QED) is 0.606. The van der Waals surface area contributed by atoms with Gasteiger partial charge in [-0.15, -0.1) is 6.42 Å². The number of benzene rings is 2. The van der Waals surface area contributed by atoms with Gasteiger partial charge in [0.1, 0.15) is 0 Å². The maximum atomic E-state index is 5.46. The summed E-state index contributed by atoms with van der Waals surface area (Å²) >= 11 is 0. The molecular weight excluding hydrogens is 216 g/mol. The molecule has 0 amide bonds. The van der Waals surface area contributed by atoms with E-state index in [9.17, 15) is 0 Å². The molecule has 0 heterocycles. The zero-order valence-electron chi connectivity index (χ0n) is 10.6. The summed E-state index contributed by atoms with van der Waals surface area (Å²) in [5.74, 6) is 9.05. The van der Waals surface area contributed by atoms with Gasteiger partial charge in [-0.1, -0.05) is 48.1 Å². The fourth-order valence-electron chi connectivity index (χ4n) is 1.86. The van der Waals surface area contributed by atoms with Gasteiger partial charge >= 0.3 is 0 Å². The van der Waals surface area contributed by atoms with Crippen LogP contribution in [0.25, 0.3) is 0 Å². The van der Waals surface area contributed by atoms with Crippen LogP contribution in [0.1, 0.15) is 27.8 Å². The molecule has 2 aromatic rings. The molecule has 0 aliphatic carbocycles. The van der Waals surface area contributed by atoms with E-state index in [0.717, 1.165) is 16.7 Å². The first-order valence-corrected chi connectivity index (χ1v) is 5.86. The van der Waals surface area contributed by atoms with E-state index < -0.39 is 0 Å². The van der Waals surface area contributed by atoms with Crippen LogP contribution in [-0.4, -0.2) is 0 Å². The van der Waals surface area contributed by atoms with E-state index in [2.05, 4.69) is 43.7 Å². The van der Waals surface area contributed by atoms with Gasteiger partial charge in [-0.3, -0.25) is 0 Å². The van der Waals surface area contributed by atoms with Crippen molar-refractivity contribution >= 4 is 0 Å². The minimum absolute atomic E-state index is 0.844. The van der Waals surface area contributed by atoms with Gasteiger partial charge in [0, 0.05) is 16.7 Å². The fourth-order valence-corrected chi connectivity index (χ4v) is 1.86. The molecule has 0 heteroatoms. The van der Waals surface area contributed by atoms with Crippen molar-refractivity contribution < 1.29 is 0 Å². The highest BCUT2D eigenvalue weighted by molar-refractivity contribution is 5.54. The summed E-state index contributed by atoms with van der Waals surface area (Å²) in [5.41, 5.74) is 5.23. The third kappa shape index (κ3) is 2.45. The predicted molar refractivity (Wildman–Crippen MR) is 76.3 cm³/mol. The van der Waals surface area contributed by atoms with Crippen LogP contribution in [0, 0.1) is 38.0 Å². The second kappa shape index (κ2) is 5.26. The Morgan fingerprint density at radius 3 is 2.00 bits per heavy atom. The first-order chi connectivity index (χ1) is 8.72. The van der Waals surface area contributed by atoms with Crippen LogP contribution in [0.15, 0.2) is 42.5 Å². The Morgan fingerprint density at radius 1 is 0.778 bits per heavy atom. The second-order valence-electron chi connectivity index (χ2n) is 4.21. The van der Waals surface area contributed by atoms with Gasteiger partial charge in [0.25, 0.3) is 0 Å². The van der Waals surface area contributed by atoms with Crippen LogP contribution >= 0.6 is 0 Å². The van der Waals surface area contributed by atoms with E-state index in [0.29, 0.717) is 0 Å². The van der Waals surface area contributed by atoms with Gasteiger partial charge in [-0.05, 0) is 37.1 Å². The monoisotopic (exact) mass is 230 g/mol. The summed E-state index contributed by atoms with van der Waals surface area (Å²) in [6.07, 6.45) is 5.46.